The van der Waals surface area contributed by atoms with Gasteiger partial charge < -0.3 is 18.9 Å². The van der Waals surface area contributed by atoms with Gasteiger partial charge >= 0.3 is 23.6 Å². The Hall–Kier alpha value is -5.73. The lowest BCUT2D eigenvalue weighted by atomic mass is 9.93. The number of aromatic amines is 1. The zero-order chi connectivity index (χ0) is 30.4. The maximum atomic E-state index is 13.4. The first-order valence-corrected chi connectivity index (χ1v) is 13.0. The van der Waals surface area contributed by atoms with Gasteiger partial charge in [-0.1, -0.05) is 54.6 Å². The molecule has 3 aromatic carbocycles. The van der Waals surface area contributed by atoms with E-state index in [0.717, 1.165) is 16.8 Å². The van der Waals surface area contributed by atoms with Crippen LogP contribution >= 0.6 is 0 Å². The summed E-state index contributed by atoms with van der Waals surface area (Å²) < 4.78 is 24.2. The van der Waals surface area contributed by atoms with Gasteiger partial charge in [0, 0.05) is 12.3 Å². The molecule has 0 amide bonds. The quantitative estimate of drug-likeness (QED) is 0.189. The molecule has 0 spiro atoms. The minimum atomic E-state index is -2.27. The van der Waals surface area contributed by atoms with Crippen LogP contribution in [0.3, 0.4) is 0 Å². The highest BCUT2D eigenvalue weighted by atomic mass is 16.7. The van der Waals surface area contributed by atoms with Crippen LogP contribution in [0.4, 0.5) is 0 Å². The Bertz CT molecular complexity index is 1780. The smallest absolute Gasteiger partial charge is 0.339 e. The molecule has 1 aliphatic rings. The van der Waals surface area contributed by atoms with Crippen molar-refractivity contribution < 1.29 is 33.3 Å². The van der Waals surface area contributed by atoms with Gasteiger partial charge in [-0.2, -0.15) is 0 Å². The Morgan fingerprint density at radius 3 is 1.88 bits per heavy atom. The first-order chi connectivity index (χ1) is 20.8. The maximum Gasteiger partial charge on any atom is 0.339 e. The van der Waals surface area contributed by atoms with Crippen molar-refractivity contribution in [3.8, 4) is 12.3 Å². The van der Waals surface area contributed by atoms with Crippen LogP contribution in [0.15, 0.2) is 113 Å². The summed E-state index contributed by atoms with van der Waals surface area (Å²) in [5.74, 6) is -0.0847. The van der Waals surface area contributed by atoms with Gasteiger partial charge in [-0.15, -0.1) is 6.42 Å². The van der Waals surface area contributed by atoms with Crippen LogP contribution in [-0.4, -0.2) is 51.9 Å². The van der Waals surface area contributed by atoms with Crippen LogP contribution < -0.4 is 11.2 Å². The number of carbonyl (C=O) groups is 3. The third-order valence-corrected chi connectivity index (χ3v) is 6.66. The molecule has 11 heteroatoms. The first-order valence-electron chi connectivity index (χ1n) is 13.0. The number of rotatable bonds is 8. The first kappa shape index (κ1) is 28.8. The van der Waals surface area contributed by atoms with E-state index in [1.165, 1.54) is 24.3 Å². The summed E-state index contributed by atoms with van der Waals surface area (Å²) in [6.07, 6.45) is 2.58. The highest BCUT2D eigenvalue weighted by Crippen LogP contribution is 2.43. The Balaban J connectivity index is 1.59. The molecule has 11 nitrogen and oxygen atoms in total. The maximum absolute atomic E-state index is 13.4. The fourth-order valence-corrected chi connectivity index (χ4v) is 4.58. The largest absolute Gasteiger partial charge is 0.459 e. The van der Waals surface area contributed by atoms with Gasteiger partial charge in [0.05, 0.1) is 16.7 Å². The van der Waals surface area contributed by atoms with E-state index in [0.29, 0.717) is 0 Å². The molecule has 5 rings (SSSR count). The number of nitrogens with zero attached hydrogens (tertiary/aromatic N) is 1. The second-order valence-electron chi connectivity index (χ2n) is 9.39. The van der Waals surface area contributed by atoms with E-state index < -0.39 is 59.8 Å². The second kappa shape index (κ2) is 12.4. The van der Waals surface area contributed by atoms with E-state index in [4.69, 9.17) is 25.4 Å². The lowest BCUT2D eigenvalue weighted by Crippen LogP contribution is -2.53. The Kier molecular flexibility index (Phi) is 8.32. The summed E-state index contributed by atoms with van der Waals surface area (Å²) >= 11 is 0. The predicted molar refractivity (Wildman–Crippen MR) is 151 cm³/mol. The van der Waals surface area contributed by atoms with E-state index in [1.54, 1.807) is 66.7 Å². The Labute approximate surface area is 244 Å². The molecule has 0 radical (unpaired) electrons. The van der Waals surface area contributed by atoms with Crippen molar-refractivity contribution in [2.45, 2.75) is 24.0 Å². The molecule has 2 heterocycles. The highest BCUT2D eigenvalue weighted by molar-refractivity contribution is 5.91. The Morgan fingerprint density at radius 2 is 1.35 bits per heavy atom. The standard InChI is InChI=1S/C32H24N2O9/c1-2-32(43-29(38)23-16-10-5-11-17-23)26(42-28(37)22-14-8-4-9-15-22)24(20-40-27(36)21-12-6-3-7-13-21)41-30(32)34-19-18-25(35)33-31(34)39/h1,3-19,24,26,30H,20H2,(H,33,35,39). The SMILES string of the molecule is C#CC1(OC(=O)c2ccccc2)C(OC(=O)c2ccccc2)C(COC(=O)c2ccccc2)OC1n1ccc(=O)[nH]c1=O. The van der Waals surface area contributed by atoms with Crippen LogP contribution in [0.1, 0.15) is 37.3 Å². The van der Waals surface area contributed by atoms with Crippen LogP contribution in [-0.2, 0) is 18.9 Å². The van der Waals surface area contributed by atoms with Crippen molar-refractivity contribution in [3.63, 3.8) is 0 Å². The minimum Gasteiger partial charge on any atom is -0.459 e. The molecule has 0 bridgehead atoms. The molecular formula is C32H24N2O9. The highest BCUT2D eigenvalue weighted by Gasteiger charge is 2.63. The van der Waals surface area contributed by atoms with Gasteiger partial charge in [0.2, 0.25) is 0 Å². The lowest BCUT2D eigenvalue weighted by molar-refractivity contribution is -0.0896. The minimum absolute atomic E-state index is 0.108. The molecule has 4 atom stereocenters. The van der Waals surface area contributed by atoms with Gasteiger partial charge in [-0.3, -0.25) is 14.3 Å². The Morgan fingerprint density at radius 1 is 0.814 bits per heavy atom. The second-order valence-corrected chi connectivity index (χ2v) is 9.39. The van der Waals surface area contributed by atoms with Crippen LogP contribution in [0.25, 0.3) is 0 Å². The van der Waals surface area contributed by atoms with E-state index in [2.05, 4.69) is 10.9 Å². The fourth-order valence-electron chi connectivity index (χ4n) is 4.58. The molecular weight excluding hydrogens is 556 g/mol. The molecule has 1 aromatic heterocycles. The van der Waals surface area contributed by atoms with Gasteiger partial charge in [0.1, 0.15) is 12.7 Å². The molecule has 216 valence electrons. The molecule has 0 aliphatic carbocycles. The van der Waals surface area contributed by atoms with Gasteiger partial charge in [-0.25, -0.2) is 19.2 Å². The number of benzene rings is 3. The molecule has 4 unspecified atom stereocenters. The normalized spacial score (nSPS) is 20.9. The number of hydrogen-bond acceptors (Lipinski definition) is 9. The average molecular weight is 581 g/mol. The molecule has 0 saturated carbocycles. The number of terminal acetylenes is 1. The van der Waals surface area contributed by atoms with Crippen molar-refractivity contribution in [2.24, 2.45) is 0 Å². The van der Waals surface area contributed by atoms with Crippen LogP contribution in [0, 0.1) is 12.3 Å². The van der Waals surface area contributed by atoms with Crippen LogP contribution in [0.2, 0.25) is 0 Å². The summed E-state index contributed by atoms with van der Waals surface area (Å²) in [6, 6.07) is 25.0. The van der Waals surface area contributed by atoms with Gasteiger partial charge in [0.25, 0.3) is 11.2 Å². The monoisotopic (exact) mass is 580 g/mol. The summed E-state index contributed by atoms with van der Waals surface area (Å²) in [5.41, 5.74) is -3.42. The number of nitrogens with one attached hydrogen (secondary N) is 1. The predicted octanol–water partition coefficient (Wildman–Crippen LogP) is 2.75. The van der Waals surface area contributed by atoms with E-state index in [1.807, 2.05) is 0 Å². The van der Waals surface area contributed by atoms with E-state index >= 15 is 0 Å². The van der Waals surface area contributed by atoms with Crippen molar-refractivity contribution in [3.05, 3.63) is 141 Å². The molecule has 1 N–H and O–H groups in total. The van der Waals surface area contributed by atoms with Crippen molar-refractivity contribution in [2.75, 3.05) is 6.61 Å². The van der Waals surface area contributed by atoms with Gasteiger partial charge in [-0.05, 0) is 42.3 Å². The number of aromatic nitrogens is 2. The van der Waals surface area contributed by atoms with Crippen LogP contribution in [0.5, 0.6) is 0 Å². The van der Waals surface area contributed by atoms with E-state index in [9.17, 15) is 24.0 Å². The topological polar surface area (TPSA) is 143 Å². The molecule has 1 fully saturated rings. The number of carbonyl (C=O) groups excluding carboxylic acids is 3. The third-order valence-electron chi connectivity index (χ3n) is 6.66. The van der Waals surface area contributed by atoms with Crippen molar-refractivity contribution in [1.82, 2.24) is 9.55 Å². The summed E-state index contributed by atoms with van der Waals surface area (Å²) in [4.78, 5) is 66.3. The van der Waals surface area contributed by atoms with Gasteiger partial charge in [0.15, 0.2) is 12.3 Å². The fraction of sp³-hybridized carbons (Fsp3) is 0.156. The summed E-state index contributed by atoms with van der Waals surface area (Å²) in [5, 5.41) is 0. The summed E-state index contributed by atoms with van der Waals surface area (Å²) in [7, 11) is 0. The number of esters is 3. The molecule has 1 saturated heterocycles. The molecule has 1 aliphatic heterocycles. The zero-order valence-electron chi connectivity index (χ0n) is 22.5. The van der Waals surface area contributed by atoms with Crippen molar-refractivity contribution in [1.29, 1.82) is 0 Å². The third kappa shape index (κ3) is 6.00. The summed E-state index contributed by atoms with van der Waals surface area (Å²) in [6.45, 7) is -0.513. The number of ether oxygens (including phenoxy) is 4. The lowest BCUT2D eigenvalue weighted by Gasteiger charge is -2.33. The number of hydrogen-bond donors (Lipinski definition) is 1. The average Bonchev–Trinajstić information content (AvgIpc) is 3.33. The van der Waals surface area contributed by atoms with E-state index in [-0.39, 0.29) is 16.7 Å². The van der Waals surface area contributed by atoms with Crippen molar-refractivity contribution >= 4 is 17.9 Å². The molecule has 43 heavy (non-hydrogen) atoms. The molecule has 4 aromatic rings. The zero-order valence-corrected chi connectivity index (χ0v) is 22.5. The number of H-pyrrole nitrogens is 1.